The number of amides is 2. The highest BCUT2D eigenvalue weighted by Gasteiger charge is 2.36. The Bertz CT molecular complexity index is 505. The van der Waals surface area contributed by atoms with Crippen molar-refractivity contribution >= 4 is 23.6 Å². The Labute approximate surface area is 172 Å². The fourth-order valence-electron chi connectivity index (χ4n) is 3.97. The highest BCUT2D eigenvalue weighted by Crippen LogP contribution is 2.44. The zero-order chi connectivity index (χ0) is 21.5. The summed E-state index contributed by atoms with van der Waals surface area (Å²) in [6.07, 6.45) is 4.15. The molecular weight excluding hydrogens is 356 g/mol. The van der Waals surface area contributed by atoms with Crippen molar-refractivity contribution < 1.29 is 9.59 Å². The van der Waals surface area contributed by atoms with E-state index in [-0.39, 0.29) is 32.9 Å². The van der Waals surface area contributed by atoms with E-state index in [0.717, 1.165) is 38.0 Å². The van der Waals surface area contributed by atoms with Crippen LogP contribution in [-0.4, -0.2) is 34.4 Å². The summed E-state index contributed by atoms with van der Waals surface area (Å²) in [5.74, 6) is 1.11. The minimum atomic E-state index is -0.206. The monoisotopic (exact) mass is 400 g/mol. The molecule has 2 amide bonds. The number of rotatable bonds is 12. The molecule has 2 unspecified atom stereocenters. The maximum absolute atomic E-state index is 11.5. The van der Waals surface area contributed by atoms with Crippen LogP contribution in [0.15, 0.2) is 0 Å². The Morgan fingerprint density at radius 3 is 1.81 bits per heavy atom. The van der Waals surface area contributed by atoms with E-state index in [0.29, 0.717) is 0 Å². The molecule has 0 aliphatic heterocycles. The number of thioether (sulfide) groups is 1. The maximum Gasteiger partial charge on any atom is 0.217 e. The topological polar surface area (TPSA) is 58.2 Å². The molecule has 4 nitrogen and oxygen atoms in total. The van der Waals surface area contributed by atoms with E-state index in [1.54, 1.807) is 13.8 Å². The molecular formula is C22H44N2O2S. The molecule has 0 saturated heterocycles. The van der Waals surface area contributed by atoms with Crippen LogP contribution in [0.1, 0.15) is 94.9 Å². The van der Waals surface area contributed by atoms with Crippen LogP contribution in [-0.2, 0) is 9.59 Å². The van der Waals surface area contributed by atoms with Crippen molar-refractivity contribution in [2.75, 3.05) is 12.3 Å². The average molecular weight is 401 g/mol. The summed E-state index contributed by atoms with van der Waals surface area (Å²) in [5, 5.41) is 6.09. The van der Waals surface area contributed by atoms with E-state index >= 15 is 0 Å². The van der Waals surface area contributed by atoms with Crippen molar-refractivity contribution in [3.05, 3.63) is 0 Å². The Morgan fingerprint density at radius 2 is 1.41 bits per heavy atom. The van der Waals surface area contributed by atoms with Gasteiger partial charge in [0, 0.05) is 30.7 Å². The molecule has 0 saturated carbocycles. The van der Waals surface area contributed by atoms with Crippen LogP contribution in [0.3, 0.4) is 0 Å². The van der Waals surface area contributed by atoms with E-state index in [4.69, 9.17) is 0 Å². The second kappa shape index (κ2) is 10.2. The molecule has 5 heteroatoms. The van der Waals surface area contributed by atoms with Crippen molar-refractivity contribution in [2.24, 2.45) is 10.8 Å². The van der Waals surface area contributed by atoms with Gasteiger partial charge < -0.3 is 10.6 Å². The molecule has 27 heavy (non-hydrogen) atoms. The van der Waals surface area contributed by atoms with Crippen molar-refractivity contribution in [1.82, 2.24) is 10.6 Å². The molecule has 0 aromatic rings. The lowest BCUT2D eigenvalue weighted by Crippen LogP contribution is -2.46. The Kier molecular flexibility index (Phi) is 9.91. The third-order valence-electron chi connectivity index (χ3n) is 5.41. The van der Waals surface area contributed by atoms with Crippen LogP contribution in [0.4, 0.5) is 0 Å². The Balaban J connectivity index is 5.01. The summed E-state index contributed by atoms with van der Waals surface area (Å²) in [5.41, 5.74) is 0.0121. The molecule has 0 aromatic heterocycles. The molecule has 0 heterocycles. The van der Waals surface area contributed by atoms with Gasteiger partial charge in [-0.05, 0) is 56.1 Å². The van der Waals surface area contributed by atoms with Gasteiger partial charge >= 0.3 is 0 Å². The lowest BCUT2D eigenvalue weighted by atomic mass is 9.78. The number of hydrogen-bond donors (Lipinski definition) is 2. The standard InChI is InChI=1S/C22H44N2O2S/c1-11-21(9,15-23-17(3)25)14-22(10,12-2)27-16-19(5,6)13-20(7,8)24-18(4)26/h11-16H2,1-10H3,(H,23,25)(H,24,26). The number of hydrogen-bond acceptors (Lipinski definition) is 3. The smallest absolute Gasteiger partial charge is 0.217 e. The van der Waals surface area contributed by atoms with Crippen LogP contribution in [0.5, 0.6) is 0 Å². The molecule has 0 aliphatic carbocycles. The van der Waals surface area contributed by atoms with Crippen LogP contribution in [0, 0.1) is 10.8 Å². The first kappa shape index (κ1) is 26.3. The highest BCUT2D eigenvalue weighted by atomic mass is 32.2. The summed E-state index contributed by atoms with van der Waals surface area (Å²) in [4.78, 5) is 22.8. The third kappa shape index (κ3) is 11.0. The van der Waals surface area contributed by atoms with Crippen molar-refractivity contribution in [1.29, 1.82) is 0 Å². The zero-order valence-electron chi connectivity index (χ0n) is 19.5. The lowest BCUT2D eigenvalue weighted by Gasteiger charge is -2.41. The molecule has 160 valence electrons. The van der Waals surface area contributed by atoms with Gasteiger partial charge in [-0.1, -0.05) is 41.5 Å². The van der Waals surface area contributed by atoms with E-state index in [1.807, 2.05) is 11.8 Å². The minimum absolute atomic E-state index is 0.0264. The minimum Gasteiger partial charge on any atom is -0.356 e. The van der Waals surface area contributed by atoms with E-state index in [1.165, 1.54) is 0 Å². The van der Waals surface area contributed by atoms with Crippen molar-refractivity contribution in [3.63, 3.8) is 0 Å². The fourth-order valence-corrected chi connectivity index (χ4v) is 5.46. The van der Waals surface area contributed by atoms with E-state index in [9.17, 15) is 9.59 Å². The normalized spacial score (nSPS) is 17.0. The van der Waals surface area contributed by atoms with E-state index in [2.05, 4.69) is 66.0 Å². The molecule has 0 aromatic carbocycles. The molecule has 0 fully saturated rings. The average Bonchev–Trinajstić information content (AvgIpc) is 2.49. The van der Waals surface area contributed by atoms with Gasteiger partial charge in [0.2, 0.25) is 11.8 Å². The Morgan fingerprint density at radius 1 is 0.852 bits per heavy atom. The van der Waals surface area contributed by atoms with E-state index < -0.39 is 0 Å². The van der Waals surface area contributed by atoms with Gasteiger partial charge in [-0.2, -0.15) is 11.8 Å². The Hall–Kier alpha value is -0.710. The van der Waals surface area contributed by atoms with Gasteiger partial charge in [-0.15, -0.1) is 0 Å². The zero-order valence-corrected chi connectivity index (χ0v) is 20.3. The van der Waals surface area contributed by atoms with Gasteiger partial charge in [0.15, 0.2) is 0 Å². The van der Waals surface area contributed by atoms with Crippen molar-refractivity contribution in [3.8, 4) is 0 Å². The summed E-state index contributed by atoms with van der Waals surface area (Å²) >= 11 is 2.04. The number of nitrogens with one attached hydrogen (secondary N) is 2. The second-order valence-electron chi connectivity index (χ2n) is 10.2. The first-order valence-electron chi connectivity index (χ1n) is 10.2. The summed E-state index contributed by atoms with van der Waals surface area (Å²) in [6, 6.07) is 0. The summed E-state index contributed by atoms with van der Waals surface area (Å²) in [7, 11) is 0. The van der Waals surface area contributed by atoms with Gasteiger partial charge in [0.1, 0.15) is 0 Å². The molecule has 0 rings (SSSR count). The molecule has 2 atom stereocenters. The van der Waals surface area contributed by atoms with Crippen LogP contribution in [0.25, 0.3) is 0 Å². The summed E-state index contributed by atoms with van der Waals surface area (Å²) < 4.78 is 0.165. The highest BCUT2D eigenvalue weighted by molar-refractivity contribution is 8.00. The van der Waals surface area contributed by atoms with Gasteiger partial charge in [-0.25, -0.2) is 0 Å². The number of carbonyl (C=O) groups excluding carboxylic acids is 2. The SMILES string of the molecule is CCC(C)(CNC(C)=O)CC(C)(CC)SCC(C)(C)CC(C)(C)NC(C)=O. The summed E-state index contributed by atoms with van der Waals surface area (Å²) in [6.45, 7) is 21.8. The molecule has 0 radical (unpaired) electrons. The quantitative estimate of drug-likeness (QED) is 0.475. The third-order valence-corrected chi connectivity index (χ3v) is 7.47. The van der Waals surface area contributed by atoms with Crippen LogP contribution >= 0.6 is 11.8 Å². The van der Waals surface area contributed by atoms with Gasteiger partial charge in [0.25, 0.3) is 0 Å². The van der Waals surface area contributed by atoms with Crippen LogP contribution in [0.2, 0.25) is 0 Å². The lowest BCUT2D eigenvalue weighted by molar-refractivity contribution is -0.121. The maximum atomic E-state index is 11.5. The van der Waals surface area contributed by atoms with Gasteiger partial charge in [-0.3, -0.25) is 9.59 Å². The molecule has 0 spiro atoms. The largest absolute Gasteiger partial charge is 0.356 e. The number of carbonyl (C=O) groups is 2. The van der Waals surface area contributed by atoms with Crippen molar-refractivity contribution in [2.45, 2.75) is 105 Å². The second-order valence-corrected chi connectivity index (χ2v) is 11.8. The van der Waals surface area contributed by atoms with Gasteiger partial charge in [0.05, 0.1) is 0 Å². The molecule has 2 N–H and O–H groups in total. The fraction of sp³-hybridized carbons (Fsp3) is 0.909. The predicted octanol–water partition coefficient (Wildman–Crippen LogP) is 5.16. The molecule has 0 bridgehead atoms. The van der Waals surface area contributed by atoms with Crippen LogP contribution < -0.4 is 10.6 Å². The first-order chi connectivity index (χ1) is 12.1. The molecule has 0 aliphatic rings. The predicted molar refractivity (Wildman–Crippen MR) is 119 cm³/mol. The first-order valence-corrected chi connectivity index (χ1v) is 11.2.